The fourth-order valence-corrected chi connectivity index (χ4v) is 5.51. The molecule has 3 saturated carbocycles. The predicted octanol–water partition coefficient (Wildman–Crippen LogP) is 6.18. The lowest BCUT2D eigenvalue weighted by Gasteiger charge is -2.56. The summed E-state index contributed by atoms with van der Waals surface area (Å²) in [5.41, 5.74) is 0.0892. The highest BCUT2D eigenvalue weighted by Crippen LogP contribution is 2.64. The molecule has 0 spiro atoms. The first-order valence-electron chi connectivity index (χ1n) is 10.4. The summed E-state index contributed by atoms with van der Waals surface area (Å²) >= 11 is 0. The largest absolute Gasteiger partial charge is 0.481 e. The summed E-state index contributed by atoms with van der Waals surface area (Å²) in [6.07, 6.45) is 11.2. The molecule has 1 unspecified atom stereocenters. The van der Waals surface area contributed by atoms with E-state index in [0.717, 1.165) is 25.7 Å². The van der Waals surface area contributed by atoms with Gasteiger partial charge in [0.25, 0.3) is 0 Å². The van der Waals surface area contributed by atoms with Gasteiger partial charge in [-0.15, -0.1) is 0 Å². The lowest BCUT2D eigenvalue weighted by Crippen LogP contribution is -2.51. The van der Waals surface area contributed by atoms with Crippen molar-refractivity contribution in [3.8, 4) is 6.07 Å². The number of halogens is 1. The van der Waals surface area contributed by atoms with Crippen LogP contribution in [0.2, 0.25) is 0 Å². The number of hydrogen-bond acceptors (Lipinski definition) is 2. The van der Waals surface area contributed by atoms with Crippen molar-refractivity contribution in [2.75, 3.05) is 0 Å². The summed E-state index contributed by atoms with van der Waals surface area (Å²) in [4.78, 5) is 12.2. The van der Waals surface area contributed by atoms with Crippen molar-refractivity contribution in [1.82, 2.24) is 0 Å². The smallest absolute Gasteiger partial charge is 0.310 e. The molecule has 1 aromatic rings. The molecule has 0 aliphatic heterocycles. The van der Waals surface area contributed by atoms with Crippen molar-refractivity contribution in [3.63, 3.8) is 0 Å². The fourth-order valence-electron chi connectivity index (χ4n) is 5.51. The number of benzene rings is 1. The molecule has 1 N–H and O–H groups in total. The minimum Gasteiger partial charge on any atom is -0.481 e. The first-order chi connectivity index (χ1) is 13.0. The summed E-state index contributed by atoms with van der Waals surface area (Å²) in [6, 6.07) is 6.48. The number of nitriles is 1. The van der Waals surface area contributed by atoms with Gasteiger partial charge < -0.3 is 5.11 Å². The van der Waals surface area contributed by atoms with Gasteiger partial charge in [-0.05, 0) is 61.6 Å². The van der Waals surface area contributed by atoms with E-state index in [9.17, 15) is 14.3 Å². The standard InChI is InChI=1S/C23H30FNO2/c1-2-3-4-5-6-9-22-10-12-23(13-11-22,21(26)27)19(15-22)18-8-7-17(16-25)14-20(18)24/h7-8,14,19H,2-6,9-13,15H2,1H3,(H,26,27). The third kappa shape index (κ3) is 3.74. The first-order valence-corrected chi connectivity index (χ1v) is 10.4. The number of carboxylic acid groups (broad SMARTS) is 1. The van der Waals surface area contributed by atoms with Crippen molar-refractivity contribution in [3.05, 3.63) is 35.1 Å². The van der Waals surface area contributed by atoms with Gasteiger partial charge in [0.2, 0.25) is 0 Å². The zero-order chi connectivity index (χ0) is 19.5. The van der Waals surface area contributed by atoms with Crippen molar-refractivity contribution >= 4 is 5.97 Å². The predicted molar refractivity (Wildman–Crippen MR) is 103 cm³/mol. The maximum Gasteiger partial charge on any atom is 0.310 e. The van der Waals surface area contributed by atoms with Crippen molar-refractivity contribution in [1.29, 1.82) is 5.26 Å². The van der Waals surface area contributed by atoms with Gasteiger partial charge in [0.1, 0.15) is 5.82 Å². The Morgan fingerprint density at radius 2 is 1.93 bits per heavy atom. The molecular formula is C23H30FNO2. The Kier molecular flexibility index (Phi) is 5.89. The SMILES string of the molecule is CCCCCCCC12CCC(C(=O)O)(CC1)C(c1ccc(C#N)cc1F)C2. The van der Waals surface area contributed by atoms with Gasteiger partial charge >= 0.3 is 5.97 Å². The number of carbonyl (C=O) groups is 1. The Labute approximate surface area is 161 Å². The second-order valence-electron chi connectivity index (χ2n) is 8.73. The molecule has 3 nitrogen and oxygen atoms in total. The molecule has 0 radical (unpaired) electrons. The van der Waals surface area contributed by atoms with Crippen LogP contribution in [0, 0.1) is 28.0 Å². The first kappa shape index (κ1) is 19.9. The molecule has 0 aromatic heterocycles. The number of rotatable bonds is 8. The van der Waals surface area contributed by atoms with E-state index in [2.05, 4.69) is 6.92 Å². The Morgan fingerprint density at radius 3 is 2.52 bits per heavy atom. The number of nitrogens with zero attached hydrogens (tertiary/aromatic N) is 1. The highest BCUT2D eigenvalue weighted by atomic mass is 19.1. The van der Waals surface area contributed by atoms with Crippen LogP contribution in [0.15, 0.2) is 18.2 Å². The van der Waals surface area contributed by atoms with Crippen LogP contribution in [-0.4, -0.2) is 11.1 Å². The molecule has 4 rings (SSSR count). The Hall–Kier alpha value is -1.89. The maximum absolute atomic E-state index is 14.8. The third-order valence-electron chi connectivity index (χ3n) is 7.25. The van der Waals surface area contributed by atoms with Crippen LogP contribution in [0.25, 0.3) is 0 Å². The molecule has 1 aromatic carbocycles. The van der Waals surface area contributed by atoms with Crippen LogP contribution >= 0.6 is 0 Å². The molecule has 4 heteroatoms. The van der Waals surface area contributed by atoms with Crippen LogP contribution in [-0.2, 0) is 4.79 Å². The normalized spacial score (nSPS) is 29.4. The van der Waals surface area contributed by atoms with E-state index >= 15 is 0 Å². The average Bonchev–Trinajstić information content (AvgIpc) is 2.68. The number of unbranched alkanes of at least 4 members (excludes halogenated alkanes) is 4. The Bertz CT molecular complexity index is 728. The van der Waals surface area contributed by atoms with Gasteiger partial charge in [-0.3, -0.25) is 4.79 Å². The number of aliphatic carboxylic acids is 1. The highest BCUT2D eigenvalue weighted by molar-refractivity contribution is 5.77. The van der Waals surface area contributed by atoms with E-state index < -0.39 is 17.2 Å². The molecule has 3 aliphatic rings. The van der Waals surface area contributed by atoms with Gasteiger partial charge in [-0.25, -0.2) is 4.39 Å². The van der Waals surface area contributed by atoms with Gasteiger partial charge in [0.15, 0.2) is 0 Å². The van der Waals surface area contributed by atoms with E-state index in [1.54, 1.807) is 12.1 Å². The van der Waals surface area contributed by atoms with Gasteiger partial charge in [0.05, 0.1) is 17.0 Å². The van der Waals surface area contributed by atoms with Crippen LogP contribution in [0.4, 0.5) is 4.39 Å². The summed E-state index contributed by atoms with van der Waals surface area (Å²) in [5, 5.41) is 19.0. The number of fused-ring (bicyclic) bond motifs is 3. The Balaban J connectivity index is 1.83. The molecule has 146 valence electrons. The number of hydrogen-bond donors (Lipinski definition) is 1. The minimum absolute atomic E-state index is 0.161. The molecule has 0 amide bonds. The lowest BCUT2D eigenvalue weighted by molar-refractivity contribution is -0.162. The zero-order valence-corrected chi connectivity index (χ0v) is 16.3. The van der Waals surface area contributed by atoms with E-state index in [1.807, 2.05) is 6.07 Å². The Morgan fingerprint density at radius 1 is 1.22 bits per heavy atom. The van der Waals surface area contributed by atoms with Gasteiger partial charge in [0, 0.05) is 5.92 Å². The third-order valence-corrected chi connectivity index (χ3v) is 7.25. The summed E-state index contributed by atoms with van der Waals surface area (Å²) < 4.78 is 14.8. The highest BCUT2D eigenvalue weighted by Gasteiger charge is 2.58. The monoisotopic (exact) mass is 371 g/mol. The summed E-state index contributed by atoms with van der Waals surface area (Å²) in [5.74, 6) is -1.50. The molecule has 0 heterocycles. The van der Waals surface area contributed by atoms with Crippen LogP contribution in [0.5, 0.6) is 0 Å². The second-order valence-corrected chi connectivity index (χ2v) is 8.73. The topological polar surface area (TPSA) is 61.1 Å². The molecule has 2 bridgehead atoms. The molecule has 3 fully saturated rings. The van der Waals surface area contributed by atoms with Gasteiger partial charge in [-0.2, -0.15) is 5.26 Å². The molecular weight excluding hydrogens is 341 g/mol. The second kappa shape index (κ2) is 8.00. The van der Waals surface area contributed by atoms with Crippen molar-refractivity contribution in [2.45, 2.75) is 83.5 Å². The van der Waals surface area contributed by atoms with E-state index in [-0.39, 0.29) is 16.9 Å². The number of carboxylic acids is 1. The molecule has 0 saturated heterocycles. The van der Waals surface area contributed by atoms with Crippen molar-refractivity contribution in [2.24, 2.45) is 10.8 Å². The van der Waals surface area contributed by atoms with E-state index in [4.69, 9.17) is 5.26 Å². The maximum atomic E-state index is 14.8. The van der Waals surface area contributed by atoms with E-state index in [0.29, 0.717) is 18.4 Å². The van der Waals surface area contributed by atoms with Crippen LogP contribution < -0.4 is 0 Å². The van der Waals surface area contributed by atoms with E-state index in [1.165, 1.54) is 38.2 Å². The average molecular weight is 371 g/mol. The quantitative estimate of drug-likeness (QED) is 0.555. The minimum atomic E-state index is -0.848. The summed E-state index contributed by atoms with van der Waals surface area (Å²) in [6.45, 7) is 2.21. The van der Waals surface area contributed by atoms with Crippen molar-refractivity contribution < 1.29 is 14.3 Å². The van der Waals surface area contributed by atoms with Crippen LogP contribution in [0.3, 0.4) is 0 Å². The zero-order valence-electron chi connectivity index (χ0n) is 16.3. The van der Waals surface area contributed by atoms with Crippen LogP contribution in [0.1, 0.15) is 94.6 Å². The molecule has 1 atom stereocenters. The molecule has 27 heavy (non-hydrogen) atoms. The fraction of sp³-hybridized carbons (Fsp3) is 0.652. The molecule has 3 aliphatic carbocycles. The van der Waals surface area contributed by atoms with Gasteiger partial charge in [-0.1, -0.05) is 45.1 Å². The lowest BCUT2D eigenvalue weighted by atomic mass is 9.47. The summed E-state index contributed by atoms with van der Waals surface area (Å²) in [7, 11) is 0.